The zero-order valence-corrected chi connectivity index (χ0v) is 2.94. The van der Waals surface area contributed by atoms with Crippen molar-refractivity contribution in [3.63, 3.8) is 0 Å². The maximum atomic E-state index is 7.72. The standard InChI is InChI=1S/C4H5N/c1-2-3-4-5/h3H,1-2H2. The molecule has 0 atom stereocenters. The summed E-state index contributed by atoms with van der Waals surface area (Å²) < 4.78 is 0. The molecule has 0 heterocycles. The second-order valence-corrected chi connectivity index (χ2v) is 0.622. The number of unbranched alkanes of at least 4 members (excludes halogenated alkanes) is 1. The van der Waals surface area contributed by atoms with Gasteiger partial charge >= 0.3 is 0 Å². The second kappa shape index (κ2) is 3.49. The molecule has 26 valence electrons. The Morgan fingerprint density at radius 1 is 2.00 bits per heavy atom. The van der Waals surface area contributed by atoms with Gasteiger partial charge in [0.15, 0.2) is 0 Å². The third-order valence-corrected chi connectivity index (χ3v) is 0.236. The lowest BCUT2D eigenvalue weighted by Gasteiger charge is -1.64. The van der Waals surface area contributed by atoms with Gasteiger partial charge in [-0.3, -0.25) is 0 Å². The van der Waals surface area contributed by atoms with Gasteiger partial charge < -0.3 is 0 Å². The molecule has 0 rings (SSSR count). The quantitative estimate of drug-likeness (QED) is 0.447. The van der Waals surface area contributed by atoms with Crippen molar-refractivity contribution in [2.45, 2.75) is 6.42 Å². The van der Waals surface area contributed by atoms with Gasteiger partial charge in [-0.05, 0) is 6.42 Å². The van der Waals surface area contributed by atoms with Crippen LogP contribution in [0.25, 0.3) is 0 Å². The average molecular weight is 67.1 g/mol. The highest BCUT2D eigenvalue weighted by atomic mass is 14.2. The summed E-state index contributed by atoms with van der Waals surface area (Å²) in [6, 6.07) is 1.83. The fourth-order valence-electron chi connectivity index (χ4n) is 0.0645. The van der Waals surface area contributed by atoms with E-state index >= 15 is 0 Å². The molecular formula is C4H5N. The Morgan fingerprint density at radius 2 is 2.60 bits per heavy atom. The van der Waals surface area contributed by atoms with Crippen LogP contribution in [-0.2, 0) is 0 Å². The fraction of sp³-hybridized carbons (Fsp3) is 0.250. The van der Waals surface area contributed by atoms with Crippen LogP contribution in [0, 0.1) is 24.7 Å². The van der Waals surface area contributed by atoms with Crippen LogP contribution < -0.4 is 0 Å². The molecule has 0 fully saturated rings. The molecule has 5 heavy (non-hydrogen) atoms. The first-order valence-corrected chi connectivity index (χ1v) is 1.42. The Morgan fingerprint density at radius 3 is 2.60 bits per heavy atom. The monoisotopic (exact) mass is 67.0 g/mol. The number of hydrogen-bond donors (Lipinski definition) is 0. The van der Waals surface area contributed by atoms with E-state index in [1.54, 1.807) is 0 Å². The third-order valence-electron chi connectivity index (χ3n) is 0.236. The summed E-state index contributed by atoms with van der Waals surface area (Å²) >= 11 is 0. The normalized spacial score (nSPS) is 6.40. The minimum absolute atomic E-state index is 0.608. The summed E-state index contributed by atoms with van der Waals surface area (Å²) in [6.45, 7) is 3.40. The van der Waals surface area contributed by atoms with Crippen LogP contribution in [0.5, 0.6) is 0 Å². The minimum Gasteiger partial charge on any atom is -0.198 e. The van der Waals surface area contributed by atoms with Crippen LogP contribution in [0.3, 0.4) is 0 Å². The van der Waals surface area contributed by atoms with E-state index in [1.807, 2.05) is 6.07 Å². The van der Waals surface area contributed by atoms with Gasteiger partial charge in [-0.25, -0.2) is 0 Å². The van der Waals surface area contributed by atoms with Crippen molar-refractivity contribution in [3.8, 4) is 6.07 Å². The summed E-state index contributed by atoms with van der Waals surface area (Å²) in [5.74, 6) is 0. The average Bonchev–Trinajstić information content (AvgIpc) is 1.41. The van der Waals surface area contributed by atoms with Gasteiger partial charge in [0.1, 0.15) is 0 Å². The Bertz CT molecular complexity index is 42.1. The van der Waals surface area contributed by atoms with Crippen molar-refractivity contribution in [1.82, 2.24) is 0 Å². The van der Waals surface area contributed by atoms with E-state index in [-0.39, 0.29) is 0 Å². The second-order valence-electron chi connectivity index (χ2n) is 0.622. The highest BCUT2D eigenvalue weighted by Crippen LogP contribution is 1.74. The SMILES string of the molecule is [CH2]C[CH]C#N. The van der Waals surface area contributed by atoms with Gasteiger partial charge in [-0.15, -0.1) is 0 Å². The summed E-state index contributed by atoms with van der Waals surface area (Å²) in [5, 5.41) is 7.72. The molecule has 0 spiro atoms. The molecule has 1 heteroatoms. The van der Waals surface area contributed by atoms with E-state index in [2.05, 4.69) is 6.92 Å². The number of hydrogen-bond acceptors (Lipinski definition) is 1. The van der Waals surface area contributed by atoms with E-state index in [1.165, 1.54) is 6.42 Å². The number of nitriles is 1. The summed E-state index contributed by atoms with van der Waals surface area (Å²) in [4.78, 5) is 0. The molecule has 0 N–H and O–H groups in total. The molecule has 0 unspecified atom stereocenters. The molecule has 0 aliphatic heterocycles. The van der Waals surface area contributed by atoms with Crippen LogP contribution in [0.4, 0.5) is 0 Å². The molecule has 0 aromatic heterocycles. The van der Waals surface area contributed by atoms with Crippen molar-refractivity contribution < 1.29 is 0 Å². The molecule has 0 amide bonds. The molecular weight excluding hydrogens is 62.1 g/mol. The molecule has 1 nitrogen and oxygen atoms in total. The van der Waals surface area contributed by atoms with E-state index in [0.29, 0.717) is 6.42 Å². The molecule has 0 saturated carbocycles. The molecule has 0 aliphatic rings. The van der Waals surface area contributed by atoms with Gasteiger partial charge in [-0.2, -0.15) is 5.26 Å². The topological polar surface area (TPSA) is 23.8 Å². The predicted molar refractivity (Wildman–Crippen MR) is 19.9 cm³/mol. The largest absolute Gasteiger partial charge is 0.198 e. The predicted octanol–water partition coefficient (Wildman–Crippen LogP) is 0.938. The van der Waals surface area contributed by atoms with Crippen LogP contribution in [0.2, 0.25) is 0 Å². The van der Waals surface area contributed by atoms with E-state index in [0.717, 1.165) is 0 Å². The first kappa shape index (κ1) is 4.49. The zero-order valence-electron chi connectivity index (χ0n) is 2.94. The lowest BCUT2D eigenvalue weighted by molar-refractivity contribution is 1.29. The highest BCUT2D eigenvalue weighted by molar-refractivity contribution is 4.90. The summed E-state index contributed by atoms with van der Waals surface area (Å²) in [5.41, 5.74) is 0. The Kier molecular flexibility index (Phi) is 3.13. The first-order valence-electron chi connectivity index (χ1n) is 1.42. The maximum Gasteiger partial charge on any atom is 0.0669 e. The van der Waals surface area contributed by atoms with Gasteiger partial charge in [0.05, 0.1) is 12.5 Å². The van der Waals surface area contributed by atoms with Gasteiger partial charge in [0.25, 0.3) is 0 Å². The Labute approximate surface area is 32.2 Å². The smallest absolute Gasteiger partial charge is 0.0669 e. The molecule has 2 radical (unpaired) electrons. The minimum atomic E-state index is 0.608. The van der Waals surface area contributed by atoms with E-state index in [4.69, 9.17) is 5.26 Å². The fourth-order valence-corrected chi connectivity index (χ4v) is 0.0645. The molecule has 0 bridgehead atoms. The van der Waals surface area contributed by atoms with Crippen LogP contribution >= 0.6 is 0 Å². The van der Waals surface area contributed by atoms with Crippen LogP contribution in [0.15, 0.2) is 0 Å². The Hall–Kier alpha value is -0.510. The van der Waals surface area contributed by atoms with Crippen molar-refractivity contribution >= 4 is 0 Å². The van der Waals surface area contributed by atoms with Crippen molar-refractivity contribution in [1.29, 1.82) is 5.26 Å². The number of rotatable bonds is 1. The van der Waals surface area contributed by atoms with Crippen molar-refractivity contribution in [2.75, 3.05) is 0 Å². The number of nitrogens with zero attached hydrogens (tertiary/aromatic N) is 1. The molecule has 0 saturated heterocycles. The molecule has 0 aromatic carbocycles. The lowest BCUT2D eigenvalue weighted by Crippen LogP contribution is -1.56. The van der Waals surface area contributed by atoms with Gasteiger partial charge in [0, 0.05) is 0 Å². The summed E-state index contributed by atoms with van der Waals surface area (Å²) in [7, 11) is 0. The third kappa shape index (κ3) is 3.49. The van der Waals surface area contributed by atoms with Gasteiger partial charge in [0.2, 0.25) is 0 Å². The van der Waals surface area contributed by atoms with Crippen LogP contribution in [0.1, 0.15) is 6.42 Å². The molecule has 0 aliphatic carbocycles. The zero-order chi connectivity index (χ0) is 4.12. The van der Waals surface area contributed by atoms with Crippen molar-refractivity contribution in [2.24, 2.45) is 0 Å². The van der Waals surface area contributed by atoms with E-state index < -0.39 is 0 Å². The van der Waals surface area contributed by atoms with Crippen molar-refractivity contribution in [3.05, 3.63) is 13.3 Å². The summed E-state index contributed by atoms with van der Waals surface area (Å²) in [6.07, 6.45) is 2.05. The van der Waals surface area contributed by atoms with Crippen LogP contribution in [-0.4, -0.2) is 0 Å². The maximum absolute atomic E-state index is 7.72. The Balaban J connectivity index is 2.48. The first-order chi connectivity index (χ1) is 2.41. The van der Waals surface area contributed by atoms with E-state index in [9.17, 15) is 0 Å². The highest BCUT2D eigenvalue weighted by Gasteiger charge is 1.66. The van der Waals surface area contributed by atoms with Gasteiger partial charge in [-0.1, -0.05) is 6.92 Å². The lowest BCUT2D eigenvalue weighted by atomic mass is 10.4. The molecule has 0 aromatic rings.